The molecule has 1 aromatic carbocycles. The number of nitro benzene ring substituents is 1. The first-order chi connectivity index (χ1) is 9.35. The van der Waals surface area contributed by atoms with Crippen LogP contribution in [0.15, 0.2) is 24.3 Å². The lowest BCUT2D eigenvalue weighted by atomic mass is 9.89. The normalized spacial score (nSPS) is 11.2. The van der Waals surface area contributed by atoms with Gasteiger partial charge in [-0.25, -0.2) is 0 Å². The van der Waals surface area contributed by atoms with Gasteiger partial charge >= 0.3 is 0 Å². The second kappa shape index (κ2) is 7.00. The molecule has 6 nitrogen and oxygen atoms in total. The lowest BCUT2D eigenvalue weighted by Gasteiger charge is -2.21. The van der Waals surface area contributed by atoms with Crippen molar-refractivity contribution in [3.05, 3.63) is 39.9 Å². The van der Waals surface area contributed by atoms with Gasteiger partial charge in [-0.2, -0.15) is 0 Å². The number of hydrogen-bond donors (Lipinski definition) is 2. The molecule has 0 saturated heterocycles. The molecule has 0 heterocycles. The van der Waals surface area contributed by atoms with Crippen molar-refractivity contribution in [2.24, 2.45) is 5.41 Å². The average Bonchev–Trinajstić information content (AvgIpc) is 2.43. The number of carbonyl (C=O) groups is 1. The van der Waals surface area contributed by atoms with Gasteiger partial charge in [-0.15, -0.1) is 0 Å². The Kier molecular flexibility index (Phi) is 5.64. The van der Waals surface area contributed by atoms with E-state index in [1.165, 1.54) is 24.3 Å². The summed E-state index contributed by atoms with van der Waals surface area (Å²) in [4.78, 5) is 21.8. The number of carbonyl (C=O) groups excluding carboxylic acids is 1. The lowest BCUT2D eigenvalue weighted by molar-refractivity contribution is -0.384. The fourth-order valence-electron chi connectivity index (χ4n) is 1.68. The summed E-state index contributed by atoms with van der Waals surface area (Å²) in [5, 5.41) is 22.4. The first-order valence-electron chi connectivity index (χ1n) is 6.49. The molecule has 1 aromatic rings. The number of rotatable bonds is 7. The largest absolute Gasteiger partial charge is 0.396 e. The standard InChI is InChI=1S/C14H20N2O4/c1-14(2,10-17)8-3-9-15-13(18)11-4-6-12(7-5-11)16(19)20/h4-7,17H,3,8-10H2,1-2H3,(H,15,18). The predicted molar refractivity (Wildman–Crippen MR) is 75.5 cm³/mol. The van der Waals surface area contributed by atoms with Gasteiger partial charge in [0.05, 0.1) is 4.92 Å². The SMILES string of the molecule is CC(C)(CO)CCCNC(=O)c1ccc([N+](=O)[O-])cc1. The predicted octanol–water partition coefficient (Wildman–Crippen LogP) is 2.12. The minimum Gasteiger partial charge on any atom is -0.396 e. The number of amides is 1. The van der Waals surface area contributed by atoms with Crippen LogP contribution in [-0.2, 0) is 0 Å². The van der Waals surface area contributed by atoms with Gasteiger partial charge in [-0.1, -0.05) is 13.8 Å². The first-order valence-corrected chi connectivity index (χ1v) is 6.49. The van der Waals surface area contributed by atoms with Crippen LogP contribution in [0.4, 0.5) is 5.69 Å². The van der Waals surface area contributed by atoms with Crippen molar-refractivity contribution in [3.8, 4) is 0 Å². The zero-order chi connectivity index (χ0) is 15.2. The van der Waals surface area contributed by atoms with Crippen LogP contribution >= 0.6 is 0 Å². The topological polar surface area (TPSA) is 92.5 Å². The average molecular weight is 280 g/mol. The summed E-state index contributed by atoms with van der Waals surface area (Å²) in [6.07, 6.45) is 1.58. The summed E-state index contributed by atoms with van der Waals surface area (Å²) in [6, 6.07) is 5.49. The second-order valence-electron chi connectivity index (χ2n) is 5.49. The van der Waals surface area contributed by atoms with Gasteiger partial charge in [-0.05, 0) is 30.4 Å². The third-order valence-corrected chi connectivity index (χ3v) is 3.08. The van der Waals surface area contributed by atoms with E-state index in [0.29, 0.717) is 12.1 Å². The van der Waals surface area contributed by atoms with Gasteiger partial charge in [0.25, 0.3) is 11.6 Å². The van der Waals surface area contributed by atoms with Crippen LogP contribution in [0.2, 0.25) is 0 Å². The van der Waals surface area contributed by atoms with Crippen molar-refractivity contribution in [2.75, 3.05) is 13.2 Å². The molecular formula is C14H20N2O4. The number of benzene rings is 1. The van der Waals surface area contributed by atoms with E-state index in [9.17, 15) is 14.9 Å². The van der Waals surface area contributed by atoms with Crippen LogP contribution in [0.3, 0.4) is 0 Å². The highest BCUT2D eigenvalue weighted by Crippen LogP contribution is 2.20. The van der Waals surface area contributed by atoms with Gasteiger partial charge in [0.15, 0.2) is 0 Å². The van der Waals surface area contributed by atoms with E-state index < -0.39 is 4.92 Å². The molecule has 2 N–H and O–H groups in total. The number of aliphatic hydroxyl groups excluding tert-OH is 1. The van der Waals surface area contributed by atoms with E-state index in [4.69, 9.17) is 5.11 Å². The smallest absolute Gasteiger partial charge is 0.269 e. The maximum absolute atomic E-state index is 11.8. The van der Waals surface area contributed by atoms with Crippen molar-refractivity contribution in [2.45, 2.75) is 26.7 Å². The summed E-state index contributed by atoms with van der Waals surface area (Å²) in [5.74, 6) is -0.248. The summed E-state index contributed by atoms with van der Waals surface area (Å²) in [6.45, 7) is 4.55. The van der Waals surface area contributed by atoms with E-state index >= 15 is 0 Å². The number of aliphatic hydroxyl groups is 1. The number of hydrogen-bond acceptors (Lipinski definition) is 4. The molecule has 0 radical (unpaired) electrons. The van der Waals surface area contributed by atoms with Crippen LogP contribution in [0.1, 0.15) is 37.0 Å². The van der Waals surface area contributed by atoms with Crippen LogP contribution in [0, 0.1) is 15.5 Å². The molecule has 6 heteroatoms. The van der Waals surface area contributed by atoms with Crippen molar-refractivity contribution in [1.29, 1.82) is 0 Å². The maximum Gasteiger partial charge on any atom is 0.269 e. The molecule has 0 bridgehead atoms. The molecule has 0 aliphatic heterocycles. The van der Waals surface area contributed by atoms with Crippen LogP contribution < -0.4 is 5.32 Å². The molecule has 0 aliphatic rings. The van der Waals surface area contributed by atoms with Crippen molar-refractivity contribution >= 4 is 11.6 Å². The number of nitro groups is 1. The zero-order valence-corrected chi connectivity index (χ0v) is 11.8. The Balaban J connectivity index is 2.41. The Morgan fingerprint density at radius 1 is 1.35 bits per heavy atom. The quantitative estimate of drug-likeness (QED) is 0.454. The zero-order valence-electron chi connectivity index (χ0n) is 11.8. The Bertz CT molecular complexity index is 469. The van der Waals surface area contributed by atoms with Crippen LogP contribution in [-0.4, -0.2) is 29.1 Å². The Morgan fingerprint density at radius 3 is 2.45 bits per heavy atom. The van der Waals surface area contributed by atoms with E-state index in [1.54, 1.807) is 0 Å². The summed E-state index contributed by atoms with van der Waals surface area (Å²) < 4.78 is 0. The molecule has 0 unspecified atom stereocenters. The van der Waals surface area contributed by atoms with E-state index in [1.807, 2.05) is 13.8 Å². The molecule has 0 fully saturated rings. The highest BCUT2D eigenvalue weighted by atomic mass is 16.6. The molecule has 20 heavy (non-hydrogen) atoms. The molecule has 0 aliphatic carbocycles. The fraction of sp³-hybridized carbons (Fsp3) is 0.500. The van der Waals surface area contributed by atoms with Crippen molar-refractivity contribution in [1.82, 2.24) is 5.32 Å². The summed E-state index contributed by atoms with van der Waals surface area (Å²) >= 11 is 0. The Morgan fingerprint density at radius 2 is 1.95 bits per heavy atom. The van der Waals surface area contributed by atoms with Gasteiger partial charge in [0.2, 0.25) is 0 Å². The highest BCUT2D eigenvalue weighted by molar-refractivity contribution is 5.94. The molecule has 0 aromatic heterocycles. The maximum atomic E-state index is 11.8. The van der Waals surface area contributed by atoms with Crippen molar-refractivity contribution < 1.29 is 14.8 Å². The Labute approximate surface area is 118 Å². The molecule has 1 rings (SSSR count). The van der Waals surface area contributed by atoms with E-state index in [0.717, 1.165) is 12.8 Å². The molecular weight excluding hydrogens is 260 g/mol. The minimum absolute atomic E-state index is 0.0359. The van der Waals surface area contributed by atoms with E-state index in [2.05, 4.69) is 5.32 Å². The molecule has 110 valence electrons. The summed E-state index contributed by atoms with van der Waals surface area (Å²) in [5.41, 5.74) is 0.223. The van der Waals surface area contributed by atoms with Crippen molar-refractivity contribution in [3.63, 3.8) is 0 Å². The van der Waals surface area contributed by atoms with E-state index in [-0.39, 0.29) is 23.6 Å². The van der Waals surface area contributed by atoms with Gasteiger partial charge in [0.1, 0.15) is 0 Å². The number of nitrogens with one attached hydrogen (secondary N) is 1. The monoisotopic (exact) mass is 280 g/mol. The van der Waals surface area contributed by atoms with Gasteiger partial charge in [-0.3, -0.25) is 14.9 Å². The van der Waals surface area contributed by atoms with Crippen LogP contribution in [0.5, 0.6) is 0 Å². The molecule has 0 spiro atoms. The number of non-ortho nitro benzene ring substituents is 1. The van der Waals surface area contributed by atoms with Gasteiger partial charge in [0, 0.05) is 30.8 Å². The third kappa shape index (κ3) is 4.97. The molecule has 0 saturated carbocycles. The number of nitrogens with zero attached hydrogens (tertiary/aromatic N) is 1. The molecule has 1 amide bonds. The summed E-state index contributed by atoms with van der Waals surface area (Å²) in [7, 11) is 0. The Hall–Kier alpha value is -1.95. The fourth-order valence-corrected chi connectivity index (χ4v) is 1.68. The lowest BCUT2D eigenvalue weighted by Crippen LogP contribution is -2.26. The van der Waals surface area contributed by atoms with Gasteiger partial charge < -0.3 is 10.4 Å². The van der Waals surface area contributed by atoms with Crippen LogP contribution in [0.25, 0.3) is 0 Å². The third-order valence-electron chi connectivity index (χ3n) is 3.08. The minimum atomic E-state index is -0.501. The second-order valence-corrected chi connectivity index (χ2v) is 5.49. The molecule has 0 atom stereocenters. The first kappa shape index (κ1) is 16.1. The highest BCUT2D eigenvalue weighted by Gasteiger charge is 2.15.